The molecule has 514 valence electrons. The van der Waals surface area contributed by atoms with E-state index in [1.807, 2.05) is 6.08 Å². The molecule has 0 aromatic heterocycles. The predicted octanol–water partition coefficient (Wildman–Crippen LogP) is 26.2. The Morgan fingerprint density at radius 3 is 0.816 bits per heavy atom. The van der Waals surface area contributed by atoms with Gasteiger partial charge in [-0.25, -0.2) is 0 Å². The summed E-state index contributed by atoms with van der Waals surface area (Å²) in [5.41, 5.74) is 0. The van der Waals surface area contributed by atoms with Crippen LogP contribution in [0.2, 0.25) is 0 Å². The highest BCUT2D eigenvalue weighted by Gasteiger charge is 2.18. The molecule has 0 aliphatic rings. The van der Waals surface area contributed by atoms with Crippen molar-refractivity contribution in [3.8, 4) is 0 Å². The Labute approximate surface area is 544 Å². The Kier molecular flexibility index (Phi) is 74.8. The second kappa shape index (κ2) is 76.5. The molecule has 0 saturated heterocycles. The lowest BCUT2D eigenvalue weighted by Gasteiger charge is -2.20. The number of aliphatic hydroxyl groups excluding tert-OH is 2. The van der Waals surface area contributed by atoms with Crippen molar-refractivity contribution >= 4 is 11.9 Å². The third kappa shape index (κ3) is 73.0. The Bertz CT molecular complexity index is 1410. The summed E-state index contributed by atoms with van der Waals surface area (Å²) in [5, 5.41) is 23.3. The number of ether oxygens (including phenoxy) is 1. The molecule has 0 rings (SSSR count). The summed E-state index contributed by atoms with van der Waals surface area (Å²) >= 11 is 0. The van der Waals surface area contributed by atoms with Crippen molar-refractivity contribution in [3.05, 3.63) is 36.5 Å². The second-order valence-electron chi connectivity index (χ2n) is 27.4. The number of rotatable bonds is 75. The Morgan fingerprint density at radius 2 is 0.540 bits per heavy atom. The maximum absolute atomic E-state index is 12.5. The number of allylic oxidation sites excluding steroid dienone is 5. The first-order valence-corrected chi connectivity index (χ1v) is 39.8. The molecule has 0 aliphatic heterocycles. The van der Waals surface area contributed by atoms with Crippen molar-refractivity contribution < 1.29 is 24.5 Å². The van der Waals surface area contributed by atoms with E-state index in [4.69, 9.17) is 4.74 Å². The number of amides is 1. The van der Waals surface area contributed by atoms with Crippen molar-refractivity contribution in [1.82, 2.24) is 5.32 Å². The zero-order valence-electron chi connectivity index (χ0n) is 59.0. The van der Waals surface area contributed by atoms with Gasteiger partial charge in [-0.05, 0) is 83.5 Å². The molecule has 87 heavy (non-hydrogen) atoms. The van der Waals surface area contributed by atoms with E-state index in [0.29, 0.717) is 19.4 Å². The third-order valence-corrected chi connectivity index (χ3v) is 18.6. The van der Waals surface area contributed by atoms with Gasteiger partial charge in [-0.1, -0.05) is 384 Å². The van der Waals surface area contributed by atoms with E-state index in [1.54, 1.807) is 6.08 Å². The van der Waals surface area contributed by atoms with Gasteiger partial charge in [0.1, 0.15) is 0 Å². The van der Waals surface area contributed by atoms with Gasteiger partial charge in [-0.3, -0.25) is 9.59 Å². The molecule has 0 saturated carbocycles. The first kappa shape index (κ1) is 85.1. The number of carbonyl (C=O) groups excluding carboxylic acids is 2. The predicted molar refractivity (Wildman–Crippen MR) is 384 cm³/mol. The van der Waals surface area contributed by atoms with Crippen LogP contribution >= 0.6 is 0 Å². The molecule has 0 aromatic rings. The highest BCUT2D eigenvalue weighted by atomic mass is 16.5. The molecule has 0 fully saturated rings. The van der Waals surface area contributed by atoms with Gasteiger partial charge in [0.15, 0.2) is 0 Å². The van der Waals surface area contributed by atoms with Crippen LogP contribution in [0.5, 0.6) is 0 Å². The SMILES string of the molecule is CCCCCCCCC/C=C\CCCCCCCC(=O)OCCCCCCCCCCCCCC/C=C\CCCCCCCCCCCCCCCCCCCC(=O)NC(CO)C(O)/C=C/CCCCCCCCCCCCCCCCCCCCC. The summed E-state index contributed by atoms with van der Waals surface area (Å²) < 4.78 is 5.50. The zero-order valence-corrected chi connectivity index (χ0v) is 59.0. The van der Waals surface area contributed by atoms with Crippen molar-refractivity contribution in [3.63, 3.8) is 0 Å². The summed E-state index contributed by atoms with van der Waals surface area (Å²) in [6.07, 6.45) is 99.8. The summed E-state index contributed by atoms with van der Waals surface area (Å²) in [4.78, 5) is 24.6. The molecule has 0 radical (unpaired) electrons. The molecule has 0 aliphatic carbocycles. The molecular weight excluding hydrogens is 1070 g/mol. The number of unbranched alkanes of at least 4 members (excludes halogenated alkanes) is 60. The quantitative estimate of drug-likeness (QED) is 0.0320. The van der Waals surface area contributed by atoms with Crippen molar-refractivity contribution in [1.29, 1.82) is 0 Å². The first-order chi connectivity index (χ1) is 43.0. The van der Waals surface area contributed by atoms with Crippen molar-refractivity contribution in [2.45, 2.75) is 456 Å². The van der Waals surface area contributed by atoms with Gasteiger partial charge in [0.05, 0.1) is 25.4 Å². The molecular formula is C81H155NO5. The van der Waals surface area contributed by atoms with Crippen LogP contribution < -0.4 is 5.32 Å². The maximum Gasteiger partial charge on any atom is 0.305 e. The third-order valence-electron chi connectivity index (χ3n) is 18.6. The van der Waals surface area contributed by atoms with Gasteiger partial charge >= 0.3 is 5.97 Å². The van der Waals surface area contributed by atoms with Crippen LogP contribution in [-0.2, 0) is 14.3 Å². The molecule has 0 bridgehead atoms. The lowest BCUT2D eigenvalue weighted by Crippen LogP contribution is -2.45. The van der Waals surface area contributed by atoms with E-state index in [0.717, 1.165) is 44.9 Å². The van der Waals surface area contributed by atoms with Crippen LogP contribution in [0.1, 0.15) is 444 Å². The summed E-state index contributed by atoms with van der Waals surface area (Å²) in [7, 11) is 0. The minimum absolute atomic E-state index is 0.0118. The molecule has 6 nitrogen and oxygen atoms in total. The van der Waals surface area contributed by atoms with Crippen molar-refractivity contribution in [2.75, 3.05) is 13.2 Å². The van der Waals surface area contributed by atoms with E-state index >= 15 is 0 Å². The highest BCUT2D eigenvalue weighted by molar-refractivity contribution is 5.76. The topological polar surface area (TPSA) is 95.9 Å². The fraction of sp³-hybridized carbons (Fsp3) is 0.901. The number of nitrogens with one attached hydrogen (secondary N) is 1. The van der Waals surface area contributed by atoms with Gasteiger partial charge in [-0.15, -0.1) is 0 Å². The summed E-state index contributed by atoms with van der Waals surface area (Å²) in [6.45, 7) is 4.95. The Hall–Kier alpha value is -1.92. The van der Waals surface area contributed by atoms with Crippen LogP contribution in [0.25, 0.3) is 0 Å². The zero-order chi connectivity index (χ0) is 62.8. The lowest BCUT2D eigenvalue weighted by atomic mass is 10.0. The van der Waals surface area contributed by atoms with Crippen LogP contribution in [0, 0.1) is 0 Å². The van der Waals surface area contributed by atoms with Crippen LogP contribution in [0.3, 0.4) is 0 Å². The largest absolute Gasteiger partial charge is 0.466 e. The van der Waals surface area contributed by atoms with E-state index in [9.17, 15) is 19.8 Å². The van der Waals surface area contributed by atoms with Crippen LogP contribution in [0.15, 0.2) is 36.5 Å². The molecule has 1 amide bonds. The number of hydrogen-bond donors (Lipinski definition) is 3. The lowest BCUT2D eigenvalue weighted by molar-refractivity contribution is -0.143. The Balaban J connectivity index is 3.37. The monoisotopic (exact) mass is 1220 g/mol. The van der Waals surface area contributed by atoms with Crippen molar-refractivity contribution in [2.24, 2.45) is 0 Å². The van der Waals surface area contributed by atoms with Gasteiger partial charge in [0.2, 0.25) is 5.91 Å². The van der Waals surface area contributed by atoms with Gasteiger partial charge in [0.25, 0.3) is 0 Å². The smallest absolute Gasteiger partial charge is 0.305 e. The molecule has 0 aromatic carbocycles. The molecule has 6 heteroatoms. The van der Waals surface area contributed by atoms with Crippen LogP contribution in [-0.4, -0.2) is 47.4 Å². The van der Waals surface area contributed by atoms with E-state index in [2.05, 4.69) is 43.5 Å². The standard InChI is InChI=1S/C81H155NO5/c1-3-5-7-9-11-13-15-17-19-21-22-36-39-42-45-49-53-57-61-65-69-73-79(84)78(77-83)82-80(85)74-70-66-62-58-54-50-46-43-40-37-34-32-30-28-26-24-23-25-27-29-31-33-35-38-41-44-48-52-56-60-64-68-72-76-87-81(86)75-71-67-63-59-55-51-47-20-18-16-14-12-10-8-6-4-2/h20,27,29,47,69,73,78-79,83-84H,3-19,21-26,28,30-46,48-68,70-72,74-77H2,1-2H3,(H,82,85)/b29-27-,47-20-,73-69+. The van der Waals surface area contributed by atoms with Gasteiger partial charge in [0, 0.05) is 12.8 Å². The average Bonchev–Trinajstić information content (AvgIpc) is 3.55. The number of hydrogen-bond acceptors (Lipinski definition) is 5. The second-order valence-corrected chi connectivity index (χ2v) is 27.4. The minimum atomic E-state index is -0.844. The normalized spacial score (nSPS) is 12.6. The van der Waals surface area contributed by atoms with Gasteiger partial charge < -0.3 is 20.3 Å². The number of carbonyl (C=O) groups is 2. The molecule has 0 heterocycles. The van der Waals surface area contributed by atoms with Crippen LogP contribution in [0.4, 0.5) is 0 Å². The van der Waals surface area contributed by atoms with E-state index in [-0.39, 0.29) is 18.5 Å². The number of aliphatic hydroxyl groups is 2. The number of esters is 1. The molecule has 3 N–H and O–H groups in total. The molecule has 2 unspecified atom stereocenters. The van der Waals surface area contributed by atoms with Gasteiger partial charge in [-0.2, -0.15) is 0 Å². The Morgan fingerprint density at radius 1 is 0.310 bits per heavy atom. The summed E-state index contributed by atoms with van der Waals surface area (Å²) in [6, 6.07) is -0.627. The maximum atomic E-state index is 12.5. The van der Waals surface area contributed by atoms with E-state index in [1.165, 1.54) is 372 Å². The summed E-state index contributed by atoms with van der Waals surface area (Å²) in [5.74, 6) is -0.0487. The highest BCUT2D eigenvalue weighted by Crippen LogP contribution is 2.19. The van der Waals surface area contributed by atoms with E-state index < -0.39 is 12.1 Å². The fourth-order valence-corrected chi connectivity index (χ4v) is 12.6. The molecule has 0 spiro atoms. The average molecular weight is 1220 g/mol. The minimum Gasteiger partial charge on any atom is -0.466 e. The fourth-order valence-electron chi connectivity index (χ4n) is 12.6. The first-order valence-electron chi connectivity index (χ1n) is 39.8. The molecule has 2 atom stereocenters.